The van der Waals surface area contributed by atoms with Crippen molar-refractivity contribution in [2.75, 3.05) is 11.9 Å². The van der Waals surface area contributed by atoms with Gasteiger partial charge in [-0.25, -0.2) is 0 Å². The van der Waals surface area contributed by atoms with Crippen LogP contribution in [0.25, 0.3) is 0 Å². The second-order valence-electron chi connectivity index (χ2n) is 6.20. The van der Waals surface area contributed by atoms with E-state index in [1.54, 1.807) is 19.1 Å². The summed E-state index contributed by atoms with van der Waals surface area (Å²) in [6.07, 6.45) is 5.76. The third-order valence-electron chi connectivity index (χ3n) is 4.66. The Morgan fingerprint density at radius 2 is 2.05 bits per heavy atom. The summed E-state index contributed by atoms with van der Waals surface area (Å²) in [7, 11) is 0. The van der Waals surface area contributed by atoms with E-state index in [1.807, 2.05) is 0 Å². The molecule has 6 heteroatoms. The Labute approximate surface area is 130 Å². The Hall–Kier alpha value is -1.95. The molecule has 1 saturated carbocycles. The van der Waals surface area contributed by atoms with Gasteiger partial charge in [-0.1, -0.05) is 25.3 Å². The molecule has 3 N–H and O–H groups in total. The smallest absolute Gasteiger partial charge is 0.274 e. The number of nitro benzene ring substituents is 1. The molecule has 0 spiro atoms. The van der Waals surface area contributed by atoms with Gasteiger partial charge in [0.2, 0.25) is 5.91 Å². The highest BCUT2D eigenvalue weighted by Crippen LogP contribution is 2.38. The van der Waals surface area contributed by atoms with Crippen molar-refractivity contribution in [1.82, 2.24) is 0 Å². The predicted octanol–water partition coefficient (Wildman–Crippen LogP) is 3.14. The minimum Gasteiger partial charge on any atom is -0.330 e. The molecular weight excluding hydrogens is 282 g/mol. The predicted molar refractivity (Wildman–Crippen MR) is 85.7 cm³/mol. The summed E-state index contributed by atoms with van der Waals surface area (Å²) in [4.78, 5) is 22.9. The van der Waals surface area contributed by atoms with Crippen LogP contribution in [0.3, 0.4) is 0 Å². The van der Waals surface area contributed by atoms with Crippen molar-refractivity contribution in [3.05, 3.63) is 33.9 Å². The van der Waals surface area contributed by atoms with Crippen molar-refractivity contribution in [1.29, 1.82) is 0 Å². The van der Waals surface area contributed by atoms with Crippen LogP contribution in [0.4, 0.5) is 11.4 Å². The normalized spacial score (nSPS) is 17.0. The summed E-state index contributed by atoms with van der Waals surface area (Å²) in [5, 5.41) is 13.8. The molecule has 22 heavy (non-hydrogen) atoms. The summed E-state index contributed by atoms with van der Waals surface area (Å²) >= 11 is 0. The van der Waals surface area contributed by atoms with Gasteiger partial charge in [0, 0.05) is 12.5 Å². The molecule has 0 aliphatic heterocycles. The van der Waals surface area contributed by atoms with Crippen LogP contribution in [0, 0.1) is 22.5 Å². The molecule has 6 nitrogen and oxygen atoms in total. The molecule has 0 saturated heterocycles. The molecule has 0 atom stereocenters. The van der Waals surface area contributed by atoms with Gasteiger partial charge in [0.05, 0.1) is 16.2 Å². The van der Waals surface area contributed by atoms with Crippen LogP contribution >= 0.6 is 0 Å². The van der Waals surface area contributed by atoms with Crippen LogP contribution < -0.4 is 11.1 Å². The number of nitro groups is 1. The summed E-state index contributed by atoms with van der Waals surface area (Å²) in [5.74, 6) is -0.115. The second kappa shape index (κ2) is 6.87. The average molecular weight is 305 g/mol. The average Bonchev–Trinajstić information content (AvgIpc) is 2.50. The third kappa shape index (κ3) is 3.62. The number of benzene rings is 1. The molecule has 0 heterocycles. The fourth-order valence-electron chi connectivity index (χ4n) is 3.25. The molecule has 1 aromatic carbocycles. The Bertz CT molecular complexity index is 566. The van der Waals surface area contributed by atoms with Crippen molar-refractivity contribution in [2.24, 2.45) is 11.1 Å². The number of rotatable bonds is 5. The lowest BCUT2D eigenvalue weighted by Crippen LogP contribution is -2.36. The summed E-state index contributed by atoms with van der Waals surface area (Å²) < 4.78 is 0. The monoisotopic (exact) mass is 305 g/mol. The van der Waals surface area contributed by atoms with E-state index in [2.05, 4.69) is 5.32 Å². The minimum absolute atomic E-state index is 0.0176. The molecule has 0 aromatic heterocycles. The number of nitrogens with two attached hydrogens (primary N) is 1. The molecular formula is C16H23N3O3. The number of anilines is 1. The van der Waals surface area contributed by atoms with E-state index < -0.39 is 4.92 Å². The third-order valence-corrected chi connectivity index (χ3v) is 4.66. The van der Waals surface area contributed by atoms with Crippen LogP contribution in [-0.4, -0.2) is 17.4 Å². The highest BCUT2D eigenvalue weighted by molar-refractivity contribution is 5.92. The van der Waals surface area contributed by atoms with E-state index in [0.29, 0.717) is 24.2 Å². The number of carbonyl (C=O) groups excluding carboxylic acids is 1. The van der Waals surface area contributed by atoms with Crippen molar-refractivity contribution < 1.29 is 9.72 Å². The van der Waals surface area contributed by atoms with E-state index >= 15 is 0 Å². The fraction of sp³-hybridized carbons (Fsp3) is 0.562. The van der Waals surface area contributed by atoms with Gasteiger partial charge in [-0.3, -0.25) is 14.9 Å². The number of amides is 1. The van der Waals surface area contributed by atoms with Crippen LogP contribution in [0.2, 0.25) is 0 Å². The van der Waals surface area contributed by atoms with Crippen molar-refractivity contribution in [2.45, 2.75) is 45.4 Å². The first kappa shape index (κ1) is 16.4. The van der Waals surface area contributed by atoms with Crippen LogP contribution in [0.5, 0.6) is 0 Å². The first-order valence-corrected chi connectivity index (χ1v) is 7.71. The minimum atomic E-state index is -0.437. The number of nitrogens with one attached hydrogen (secondary N) is 1. The molecule has 0 bridgehead atoms. The fourth-order valence-corrected chi connectivity index (χ4v) is 3.25. The van der Waals surface area contributed by atoms with Gasteiger partial charge in [-0.2, -0.15) is 0 Å². The van der Waals surface area contributed by atoms with Crippen LogP contribution in [-0.2, 0) is 4.79 Å². The zero-order valence-corrected chi connectivity index (χ0v) is 12.9. The van der Waals surface area contributed by atoms with Gasteiger partial charge in [-0.05, 0) is 37.8 Å². The van der Waals surface area contributed by atoms with Crippen molar-refractivity contribution in [3.63, 3.8) is 0 Å². The Morgan fingerprint density at radius 1 is 1.36 bits per heavy atom. The van der Waals surface area contributed by atoms with Gasteiger partial charge in [0.1, 0.15) is 0 Å². The van der Waals surface area contributed by atoms with E-state index in [1.165, 1.54) is 12.5 Å². The van der Waals surface area contributed by atoms with E-state index in [4.69, 9.17) is 5.73 Å². The molecule has 2 rings (SSSR count). The highest BCUT2D eigenvalue weighted by Gasteiger charge is 2.33. The van der Waals surface area contributed by atoms with E-state index in [0.717, 1.165) is 25.7 Å². The molecule has 0 unspecified atom stereocenters. The van der Waals surface area contributed by atoms with Gasteiger partial charge in [-0.15, -0.1) is 0 Å². The lowest BCUT2D eigenvalue weighted by molar-refractivity contribution is -0.385. The summed E-state index contributed by atoms with van der Waals surface area (Å²) in [6, 6.07) is 4.71. The Kier molecular flexibility index (Phi) is 5.13. The van der Waals surface area contributed by atoms with Gasteiger partial charge >= 0.3 is 0 Å². The maximum atomic E-state index is 12.3. The molecule has 1 amide bonds. The number of hydrogen-bond donors (Lipinski definition) is 2. The lowest BCUT2D eigenvalue weighted by atomic mass is 9.71. The zero-order valence-electron chi connectivity index (χ0n) is 12.9. The molecule has 0 radical (unpaired) electrons. The Morgan fingerprint density at radius 3 is 2.64 bits per heavy atom. The molecule has 1 aromatic rings. The zero-order chi connectivity index (χ0) is 16.2. The van der Waals surface area contributed by atoms with Gasteiger partial charge in [0.15, 0.2) is 0 Å². The maximum absolute atomic E-state index is 12.3. The number of hydrogen-bond acceptors (Lipinski definition) is 4. The maximum Gasteiger partial charge on any atom is 0.274 e. The van der Waals surface area contributed by atoms with E-state index in [9.17, 15) is 14.9 Å². The molecule has 120 valence electrons. The lowest BCUT2D eigenvalue weighted by Gasteiger charge is -2.35. The second-order valence-corrected chi connectivity index (χ2v) is 6.20. The topological polar surface area (TPSA) is 98.3 Å². The quantitative estimate of drug-likeness (QED) is 0.645. The van der Waals surface area contributed by atoms with Crippen molar-refractivity contribution in [3.8, 4) is 0 Å². The number of nitrogens with zero attached hydrogens (tertiary/aromatic N) is 1. The molecule has 1 aliphatic rings. The number of carbonyl (C=O) groups is 1. The standard InChI is InChI=1S/C16H23N3O3/c1-12-13(6-5-7-14(12)19(21)22)18-15(20)10-16(11-17)8-3-2-4-9-16/h5-7H,2-4,8-11,17H2,1H3,(H,18,20). The highest BCUT2D eigenvalue weighted by atomic mass is 16.6. The first-order valence-electron chi connectivity index (χ1n) is 7.71. The molecule has 1 aliphatic carbocycles. The SMILES string of the molecule is Cc1c(NC(=O)CC2(CN)CCCCC2)cccc1[N+](=O)[O-]. The van der Waals surface area contributed by atoms with Crippen molar-refractivity contribution >= 4 is 17.3 Å². The van der Waals surface area contributed by atoms with Gasteiger partial charge < -0.3 is 11.1 Å². The largest absolute Gasteiger partial charge is 0.330 e. The first-order chi connectivity index (χ1) is 10.5. The molecule has 1 fully saturated rings. The van der Waals surface area contributed by atoms with E-state index in [-0.39, 0.29) is 17.0 Å². The van der Waals surface area contributed by atoms with Crippen LogP contribution in [0.15, 0.2) is 18.2 Å². The Balaban J connectivity index is 2.09. The van der Waals surface area contributed by atoms with Gasteiger partial charge in [0.25, 0.3) is 5.69 Å². The summed E-state index contributed by atoms with van der Waals surface area (Å²) in [6.45, 7) is 2.15. The van der Waals surface area contributed by atoms with Crippen LogP contribution in [0.1, 0.15) is 44.1 Å². The summed E-state index contributed by atoms with van der Waals surface area (Å²) in [5.41, 5.74) is 6.79.